The molecule has 0 bridgehead atoms. The molecule has 0 aliphatic rings. The minimum absolute atomic E-state index is 0.00615. The molecule has 19 heavy (non-hydrogen) atoms. The summed E-state index contributed by atoms with van der Waals surface area (Å²) in [7, 11) is 0. The van der Waals surface area contributed by atoms with Crippen molar-refractivity contribution in [1.29, 1.82) is 0 Å². The molecule has 0 unspecified atom stereocenters. The third-order valence-corrected chi connectivity index (χ3v) is 3.50. The fourth-order valence-corrected chi connectivity index (χ4v) is 1.99. The van der Waals surface area contributed by atoms with E-state index in [1.807, 2.05) is 0 Å². The highest BCUT2D eigenvalue weighted by molar-refractivity contribution is 9.10. The molecule has 1 amide bonds. The third kappa shape index (κ3) is 3.39. The minimum Gasteiger partial charge on any atom is -0.319 e. The van der Waals surface area contributed by atoms with Crippen LogP contribution in [0, 0.1) is 11.6 Å². The summed E-state index contributed by atoms with van der Waals surface area (Å²) in [4.78, 5) is 11.8. The molecule has 0 spiro atoms. The molecule has 2 aromatic rings. The van der Waals surface area contributed by atoms with E-state index in [4.69, 9.17) is 0 Å². The highest BCUT2D eigenvalue weighted by Gasteiger charge is 2.12. The van der Waals surface area contributed by atoms with Crippen molar-refractivity contribution >= 4 is 43.5 Å². The molecule has 2 rings (SSSR count). The van der Waals surface area contributed by atoms with E-state index in [0.29, 0.717) is 5.56 Å². The van der Waals surface area contributed by atoms with Gasteiger partial charge in [0.05, 0.1) is 10.2 Å². The van der Waals surface area contributed by atoms with Gasteiger partial charge in [-0.1, -0.05) is 15.9 Å². The highest BCUT2D eigenvalue weighted by Crippen LogP contribution is 2.24. The van der Waals surface area contributed by atoms with Gasteiger partial charge in [0, 0.05) is 16.1 Å². The smallest absolute Gasteiger partial charge is 0.255 e. The van der Waals surface area contributed by atoms with E-state index in [1.54, 1.807) is 24.3 Å². The molecule has 0 heterocycles. The molecular weight excluding hydrogens is 384 g/mol. The maximum Gasteiger partial charge on any atom is 0.255 e. The summed E-state index contributed by atoms with van der Waals surface area (Å²) < 4.78 is 27.7. The first-order valence-corrected chi connectivity index (χ1v) is 6.77. The molecule has 2 aromatic carbocycles. The number of carbonyl (C=O) groups is 1. The van der Waals surface area contributed by atoms with Crippen LogP contribution < -0.4 is 5.32 Å². The van der Waals surface area contributed by atoms with E-state index < -0.39 is 17.5 Å². The maximum absolute atomic E-state index is 13.6. The van der Waals surface area contributed by atoms with Crippen LogP contribution in [0.3, 0.4) is 0 Å². The van der Waals surface area contributed by atoms with Crippen LogP contribution >= 0.6 is 31.9 Å². The van der Waals surface area contributed by atoms with Gasteiger partial charge in [-0.2, -0.15) is 0 Å². The number of benzene rings is 2. The lowest BCUT2D eigenvalue weighted by molar-refractivity contribution is 0.102. The molecule has 0 aromatic heterocycles. The van der Waals surface area contributed by atoms with E-state index >= 15 is 0 Å². The Morgan fingerprint density at radius 2 is 1.63 bits per heavy atom. The average Bonchev–Trinajstić information content (AvgIpc) is 2.36. The van der Waals surface area contributed by atoms with Crippen LogP contribution in [0.5, 0.6) is 0 Å². The van der Waals surface area contributed by atoms with E-state index in [1.165, 1.54) is 0 Å². The zero-order valence-corrected chi connectivity index (χ0v) is 12.6. The van der Waals surface area contributed by atoms with Crippen molar-refractivity contribution in [2.45, 2.75) is 0 Å². The molecular formula is C13H7Br2F2NO. The number of nitrogens with one attached hydrogen (secondary N) is 1. The fraction of sp³-hybridized carbons (Fsp3) is 0. The number of anilines is 1. The van der Waals surface area contributed by atoms with Gasteiger partial charge in [-0.3, -0.25) is 4.79 Å². The Kier molecular flexibility index (Phi) is 4.31. The second kappa shape index (κ2) is 5.79. The van der Waals surface area contributed by atoms with Crippen LogP contribution in [-0.4, -0.2) is 5.91 Å². The predicted octanol–water partition coefficient (Wildman–Crippen LogP) is 4.74. The minimum atomic E-state index is -0.710. The van der Waals surface area contributed by atoms with Gasteiger partial charge in [0.15, 0.2) is 0 Å². The molecule has 1 N–H and O–H groups in total. The van der Waals surface area contributed by atoms with Crippen LogP contribution in [0.4, 0.5) is 14.5 Å². The molecule has 0 aliphatic carbocycles. The number of carbonyl (C=O) groups excluding carboxylic acids is 1. The van der Waals surface area contributed by atoms with Crippen LogP contribution in [0.1, 0.15) is 10.4 Å². The van der Waals surface area contributed by atoms with Crippen LogP contribution in [0.25, 0.3) is 0 Å². The van der Waals surface area contributed by atoms with Crippen molar-refractivity contribution < 1.29 is 13.6 Å². The lowest BCUT2D eigenvalue weighted by Gasteiger charge is -2.07. The number of rotatable bonds is 2. The fourth-order valence-electron chi connectivity index (χ4n) is 1.41. The Balaban J connectivity index is 2.24. The molecule has 6 heteroatoms. The molecule has 98 valence electrons. The van der Waals surface area contributed by atoms with Gasteiger partial charge in [0.1, 0.15) is 11.6 Å². The average molecular weight is 391 g/mol. The van der Waals surface area contributed by atoms with Crippen molar-refractivity contribution in [1.82, 2.24) is 0 Å². The summed E-state index contributed by atoms with van der Waals surface area (Å²) >= 11 is 6.11. The molecule has 0 aliphatic heterocycles. The van der Waals surface area contributed by atoms with Crippen molar-refractivity contribution in [3.05, 3.63) is 62.5 Å². The van der Waals surface area contributed by atoms with Crippen molar-refractivity contribution in [3.8, 4) is 0 Å². The van der Waals surface area contributed by atoms with E-state index in [0.717, 1.165) is 16.6 Å². The first-order valence-electron chi connectivity index (χ1n) is 5.19. The Morgan fingerprint density at radius 1 is 1.00 bits per heavy atom. The van der Waals surface area contributed by atoms with Gasteiger partial charge in [-0.15, -0.1) is 0 Å². The van der Waals surface area contributed by atoms with E-state index in [-0.39, 0.29) is 10.2 Å². The second-order valence-corrected chi connectivity index (χ2v) is 5.48. The van der Waals surface area contributed by atoms with E-state index in [9.17, 15) is 13.6 Å². The zero-order valence-electron chi connectivity index (χ0n) is 9.38. The van der Waals surface area contributed by atoms with Gasteiger partial charge < -0.3 is 5.32 Å². The summed E-state index contributed by atoms with van der Waals surface area (Å²) in [5.41, 5.74) is 0.152. The Labute approximate surface area is 125 Å². The third-order valence-electron chi connectivity index (χ3n) is 2.36. The van der Waals surface area contributed by atoms with Gasteiger partial charge in [-0.25, -0.2) is 8.78 Å². The second-order valence-electron chi connectivity index (χ2n) is 3.71. The Bertz CT molecular complexity index is 629. The first kappa shape index (κ1) is 14.1. The zero-order chi connectivity index (χ0) is 14.0. The van der Waals surface area contributed by atoms with Gasteiger partial charge in [-0.05, 0) is 46.3 Å². The number of hydrogen-bond donors (Lipinski definition) is 1. The van der Waals surface area contributed by atoms with Crippen LogP contribution in [0.2, 0.25) is 0 Å². The first-order chi connectivity index (χ1) is 8.97. The van der Waals surface area contributed by atoms with Crippen molar-refractivity contribution in [2.24, 2.45) is 0 Å². The summed E-state index contributed by atoms with van der Waals surface area (Å²) in [5.74, 6) is -1.86. The van der Waals surface area contributed by atoms with Crippen molar-refractivity contribution in [3.63, 3.8) is 0 Å². The van der Waals surface area contributed by atoms with Crippen molar-refractivity contribution in [2.75, 3.05) is 5.32 Å². The SMILES string of the molecule is O=C(Nc1cc(F)c(Br)cc1F)c1ccc(Br)cc1. The Hall–Kier alpha value is -1.27. The molecule has 0 radical (unpaired) electrons. The summed E-state index contributed by atoms with van der Waals surface area (Å²) in [5, 5.41) is 2.32. The van der Waals surface area contributed by atoms with E-state index in [2.05, 4.69) is 37.2 Å². The maximum atomic E-state index is 13.6. The molecule has 0 saturated carbocycles. The van der Waals surface area contributed by atoms with Gasteiger partial charge in [0.25, 0.3) is 5.91 Å². The van der Waals surface area contributed by atoms with Gasteiger partial charge in [0.2, 0.25) is 0 Å². The molecule has 0 saturated heterocycles. The number of halogens is 4. The van der Waals surface area contributed by atoms with Gasteiger partial charge >= 0.3 is 0 Å². The monoisotopic (exact) mass is 389 g/mol. The summed E-state index contributed by atoms with van der Waals surface area (Å²) in [6, 6.07) is 8.42. The predicted molar refractivity (Wildman–Crippen MR) is 76.2 cm³/mol. The van der Waals surface area contributed by atoms with Crippen LogP contribution in [0.15, 0.2) is 45.3 Å². The summed E-state index contributed by atoms with van der Waals surface area (Å²) in [6.07, 6.45) is 0. The molecule has 0 atom stereocenters. The molecule has 2 nitrogen and oxygen atoms in total. The highest BCUT2D eigenvalue weighted by atomic mass is 79.9. The molecule has 0 fully saturated rings. The lowest BCUT2D eigenvalue weighted by Crippen LogP contribution is -2.13. The van der Waals surface area contributed by atoms with Crippen LogP contribution in [-0.2, 0) is 0 Å². The standard InChI is InChI=1S/C13H7Br2F2NO/c14-8-3-1-7(2-4-8)13(19)18-12-6-10(16)9(15)5-11(12)17/h1-6H,(H,18,19). The number of hydrogen-bond acceptors (Lipinski definition) is 1. The largest absolute Gasteiger partial charge is 0.319 e. The summed E-state index contributed by atoms with van der Waals surface area (Å²) in [6.45, 7) is 0. The normalized spacial score (nSPS) is 10.3. The lowest BCUT2D eigenvalue weighted by atomic mass is 10.2. The topological polar surface area (TPSA) is 29.1 Å². The quantitative estimate of drug-likeness (QED) is 0.737. The Morgan fingerprint density at radius 3 is 2.26 bits per heavy atom. The number of amides is 1.